The van der Waals surface area contributed by atoms with Crippen LogP contribution in [0.4, 0.5) is 5.82 Å². The Hall–Kier alpha value is -3.27. The van der Waals surface area contributed by atoms with Crippen molar-refractivity contribution in [3.63, 3.8) is 0 Å². The average Bonchev–Trinajstić information content (AvgIpc) is 2.70. The fourth-order valence-corrected chi connectivity index (χ4v) is 2.92. The molecule has 0 aromatic carbocycles. The molecule has 142 valence electrons. The summed E-state index contributed by atoms with van der Waals surface area (Å²) in [6.07, 6.45) is 13.8. The molecule has 3 aromatic heterocycles. The Morgan fingerprint density at radius 2 is 1.86 bits per heavy atom. The predicted octanol–water partition coefficient (Wildman–Crippen LogP) is 6.11. The Morgan fingerprint density at radius 1 is 1.04 bits per heavy atom. The molecule has 0 unspecified atom stereocenters. The third-order valence-electron chi connectivity index (χ3n) is 4.42. The van der Waals surface area contributed by atoms with E-state index in [9.17, 15) is 0 Å². The van der Waals surface area contributed by atoms with Crippen molar-refractivity contribution in [3.05, 3.63) is 83.5 Å². The molecule has 3 aromatic rings. The van der Waals surface area contributed by atoms with Gasteiger partial charge < -0.3 is 5.32 Å². The molecule has 3 heterocycles. The summed E-state index contributed by atoms with van der Waals surface area (Å²) in [6, 6.07) is 9.94. The van der Waals surface area contributed by atoms with Crippen LogP contribution in [-0.4, -0.2) is 15.0 Å². The molecular weight excluding hydrogens is 344 g/mol. The lowest BCUT2D eigenvalue weighted by Gasteiger charge is -2.10. The summed E-state index contributed by atoms with van der Waals surface area (Å²) in [7, 11) is 0. The second kappa shape index (κ2) is 9.09. The van der Waals surface area contributed by atoms with Crippen LogP contribution in [0.3, 0.4) is 0 Å². The van der Waals surface area contributed by atoms with Gasteiger partial charge in [-0.1, -0.05) is 38.1 Å². The summed E-state index contributed by atoms with van der Waals surface area (Å²) >= 11 is 0. The summed E-state index contributed by atoms with van der Waals surface area (Å²) in [5, 5.41) is 3.39. The Labute approximate surface area is 166 Å². The smallest absolute Gasteiger partial charge is 0.130 e. The van der Waals surface area contributed by atoms with Crippen molar-refractivity contribution in [1.82, 2.24) is 15.0 Å². The first-order chi connectivity index (χ1) is 13.5. The maximum absolute atomic E-state index is 4.73. The standard InChI is InChI=1S/C24H26N4/c1-5-21(17(2)3)13-18(4)27-24-11-10-22-23(28-24)14-20(16-26-22)9-8-19-7-6-12-25-15-19/h5-17H,1-4H3,(H,27,28)/b9-8+,18-13+,21-5+. The van der Waals surface area contributed by atoms with Crippen molar-refractivity contribution in [3.8, 4) is 0 Å². The monoisotopic (exact) mass is 370 g/mol. The van der Waals surface area contributed by atoms with Crippen LogP contribution in [0.25, 0.3) is 23.2 Å². The molecule has 4 nitrogen and oxygen atoms in total. The maximum Gasteiger partial charge on any atom is 0.130 e. The second-order valence-corrected chi connectivity index (χ2v) is 7.02. The molecule has 3 rings (SSSR count). The van der Waals surface area contributed by atoms with Crippen LogP contribution in [0.5, 0.6) is 0 Å². The Kier molecular flexibility index (Phi) is 6.33. The molecule has 28 heavy (non-hydrogen) atoms. The van der Waals surface area contributed by atoms with Crippen LogP contribution in [-0.2, 0) is 0 Å². The van der Waals surface area contributed by atoms with Gasteiger partial charge in [-0.15, -0.1) is 0 Å². The fourth-order valence-electron chi connectivity index (χ4n) is 2.92. The quantitative estimate of drug-likeness (QED) is 0.532. The Bertz CT molecular complexity index is 1030. The molecule has 1 N–H and O–H groups in total. The highest BCUT2D eigenvalue weighted by Gasteiger charge is 2.03. The zero-order valence-corrected chi connectivity index (χ0v) is 16.8. The lowest BCUT2D eigenvalue weighted by molar-refractivity contribution is 0.788. The van der Waals surface area contributed by atoms with E-state index in [2.05, 4.69) is 55.1 Å². The topological polar surface area (TPSA) is 50.7 Å². The Morgan fingerprint density at radius 3 is 2.57 bits per heavy atom. The molecular formula is C24H26N4. The van der Waals surface area contributed by atoms with Gasteiger partial charge >= 0.3 is 0 Å². The molecule has 0 aliphatic carbocycles. The largest absolute Gasteiger partial charge is 0.344 e. The Balaban J connectivity index is 1.82. The van der Waals surface area contributed by atoms with Gasteiger partial charge in [0.05, 0.1) is 11.0 Å². The minimum Gasteiger partial charge on any atom is -0.344 e. The van der Waals surface area contributed by atoms with Gasteiger partial charge in [-0.2, -0.15) is 0 Å². The van der Waals surface area contributed by atoms with Crippen molar-refractivity contribution in [2.24, 2.45) is 5.92 Å². The number of aromatic nitrogens is 3. The van der Waals surface area contributed by atoms with E-state index in [0.717, 1.165) is 33.7 Å². The number of nitrogens with one attached hydrogen (secondary N) is 1. The van der Waals surface area contributed by atoms with Gasteiger partial charge in [0.1, 0.15) is 5.82 Å². The zero-order chi connectivity index (χ0) is 19.9. The highest BCUT2D eigenvalue weighted by Crippen LogP contribution is 2.18. The number of nitrogens with zero attached hydrogens (tertiary/aromatic N) is 3. The molecule has 0 saturated carbocycles. The fraction of sp³-hybridized carbons (Fsp3) is 0.208. The van der Waals surface area contributed by atoms with Gasteiger partial charge in [-0.25, -0.2) is 4.98 Å². The van der Waals surface area contributed by atoms with E-state index in [1.165, 1.54) is 5.57 Å². The highest BCUT2D eigenvalue weighted by molar-refractivity contribution is 5.80. The van der Waals surface area contributed by atoms with Gasteiger partial charge in [-0.3, -0.25) is 9.97 Å². The number of fused-ring (bicyclic) bond motifs is 1. The molecule has 0 spiro atoms. The first-order valence-electron chi connectivity index (χ1n) is 9.51. The van der Waals surface area contributed by atoms with Gasteiger partial charge in [0.15, 0.2) is 0 Å². The number of rotatable bonds is 6. The summed E-state index contributed by atoms with van der Waals surface area (Å²) in [5.41, 5.74) is 6.16. The lowest BCUT2D eigenvalue weighted by atomic mass is 10.0. The van der Waals surface area contributed by atoms with E-state index in [4.69, 9.17) is 4.98 Å². The predicted molar refractivity (Wildman–Crippen MR) is 119 cm³/mol. The van der Waals surface area contributed by atoms with Gasteiger partial charge in [0.2, 0.25) is 0 Å². The van der Waals surface area contributed by atoms with Crippen molar-refractivity contribution >= 4 is 29.0 Å². The summed E-state index contributed by atoms with van der Waals surface area (Å²) in [4.78, 5) is 13.4. The van der Waals surface area contributed by atoms with Crippen LogP contribution in [0.1, 0.15) is 38.8 Å². The van der Waals surface area contributed by atoms with Gasteiger partial charge in [-0.05, 0) is 66.8 Å². The van der Waals surface area contributed by atoms with E-state index in [1.807, 2.05) is 54.9 Å². The molecule has 0 atom stereocenters. The zero-order valence-electron chi connectivity index (χ0n) is 16.8. The lowest BCUT2D eigenvalue weighted by Crippen LogP contribution is -2.01. The van der Waals surface area contributed by atoms with E-state index >= 15 is 0 Å². The first-order valence-corrected chi connectivity index (χ1v) is 9.51. The molecule has 0 aliphatic rings. The SMILES string of the molecule is C/C=C(\C=C(/C)Nc1ccc2ncc(/C=C/c3cccnc3)cc2n1)C(C)C. The molecule has 0 fully saturated rings. The number of hydrogen-bond donors (Lipinski definition) is 1. The second-order valence-electron chi connectivity index (χ2n) is 7.02. The van der Waals surface area contributed by atoms with Crippen LogP contribution >= 0.6 is 0 Å². The molecule has 0 radical (unpaired) electrons. The van der Waals surface area contributed by atoms with Crippen molar-refractivity contribution in [2.75, 3.05) is 5.32 Å². The number of pyridine rings is 3. The summed E-state index contributed by atoms with van der Waals surface area (Å²) < 4.78 is 0. The molecule has 4 heteroatoms. The summed E-state index contributed by atoms with van der Waals surface area (Å²) in [6.45, 7) is 8.52. The van der Waals surface area contributed by atoms with E-state index in [-0.39, 0.29) is 0 Å². The van der Waals surface area contributed by atoms with Crippen LogP contribution in [0.2, 0.25) is 0 Å². The molecule has 0 amide bonds. The van der Waals surface area contributed by atoms with E-state index in [0.29, 0.717) is 5.92 Å². The molecule has 0 bridgehead atoms. The average molecular weight is 371 g/mol. The van der Waals surface area contributed by atoms with Crippen molar-refractivity contribution in [2.45, 2.75) is 27.7 Å². The normalized spacial score (nSPS) is 12.9. The minimum atomic E-state index is 0.490. The number of hydrogen-bond acceptors (Lipinski definition) is 4. The van der Waals surface area contributed by atoms with Gasteiger partial charge in [0, 0.05) is 24.3 Å². The van der Waals surface area contributed by atoms with E-state index < -0.39 is 0 Å². The number of allylic oxidation sites excluding steroid dienone is 4. The molecule has 0 aliphatic heterocycles. The van der Waals surface area contributed by atoms with Crippen LogP contribution < -0.4 is 5.32 Å². The van der Waals surface area contributed by atoms with Crippen molar-refractivity contribution in [1.29, 1.82) is 0 Å². The molecule has 0 saturated heterocycles. The van der Waals surface area contributed by atoms with Crippen LogP contribution in [0.15, 0.2) is 72.3 Å². The summed E-state index contributed by atoms with van der Waals surface area (Å²) in [5.74, 6) is 1.31. The third kappa shape index (κ3) is 5.13. The van der Waals surface area contributed by atoms with Crippen LogP contribution in [0, 0.1) is 5.92 Å². The minimum absolute atomic E-state index is 0.490. The van der Waals surface area contributed by atoms with Crippen molar-refractivity contribution < 1.29 is 0 Å². The van der Waals surface area contributed by atoms with Gasteiger partial charge in [0.25, 0.3) is 0 Å². The van der Waals surface area contributed by atoms with E-state index in [1.54, 1.807) is 6.20 Å². The number of anilines is 1. The maximum atomic E-state index is 4.73. The first kappa shape index (κ1) is 19.5. The highest BCUT2D eigenvalue weighted by atomic mass is 15.0. The third-order valence-corrected chi connectivity index (χ3v) is 4.42.